The van der Waals surface area contributed by atoms with E-state index in [-0.39, 0.29) is 0 Å². The van der Waals surface area contributed by atoms with Crippen molar-refractivity contribution in [3.8, 4) is 0 Å². The van der Waals surface area contributed by atoms with E-state index in [1.54, 1.807) is 12.7 Å². The van der Waals surface area contributed by atoms with E-state index < -0.39 is 0 Å². The summed E-state index contributed by atoms with van der Waals surface area (Å²) in [5.41, 5.74) is 1.81. The average Bonchev–Trinajstić information content (AvgIpc) is 2.76. The summed E-state index contributed by atoms with van der Waals surface area (Å²) in [5, 5.41) is 7.99. The van der Waals surface area contributed by atoms with E-state index in [2.05, 4.69) is 21.9 Å². The minimum atomic E-state index is 0.471. The first-order valence-electron chi connectivity index (χ1n) is 5.76. The van der Waals surface area contributed by atoms with Gasteiger partial charge in [-0.05, 0) is 6.42 Å². The van der Waals surface area contributed by atoms with Crippen LogP contribution in [-0.4, -0.2) is 19.5 Å². The topological polar surface area (TPSA) is 70.3 Å². The van der Waals surface area contributed by atoms with E-state index in [1.807, 2.05) is 4.57 Å². The first-order valence-corrected chi connectivity index (χ1v) is 5.76. The summed E-state index contributed by atoms with van der Waals surface area (Å²) in [4.78, 5) is 11.2. The SMILES string of the molecule is CCCCCCn1cnc2nc[nH]c2c1=N. The third kappa shape index (κ3) is 2.13. The molecule has 2 aromatic rings. The number of rotatable bonds is 5. The van der Waals surface area contributed by atoms with E-state index in [4.69, 9.17) is 5.41 Å². The molecule has 0 aliphatic carbocycles. The number of nitrogens with zero attached hydrogens (tertiary/aromatic N) is 3. The second-order valence-corrected chi connectivity index (χ2v) is 3.95. The van der Waals surface area contributed by atoms with Crippen molar-refractivity contribution in [2.75, 3.05) is 0 Å². The number of unbranched alkanes of at least 4 members (excludes halogenated alkanes) is 3. The molecule has 2 aromatic heterocycles. The van der Waals surface area contributed by atoms with Crippen molar-refractivity contribution in [3.63, 3.8) is 0 Å². The number of hydrogen-bond acceptors (Lipinski definition) is 3. The van der Waals surface area contributed by atoms with Crippen molar-refractivity contribution in [2.45, 2.75) is 39.2 Å². The predicted octanol–water partition coefficient (Wildman–Crippen LogP) is 1.82. The molecule has 0 aromatic carbocycles. The smallest absolute Gasteiger partial charge is 0.182 e. The van der Waals surface area contributed by atoms with Crippen LogP contribution < -0.4 is 5.49 Å². The van der Waals surface area contributed by atoms with Crippen LogP contribution in [0.2, 0.25) is 0 Å². The summed E-state index contributed by atoms with van der Waals surface area (Å²) in [7, 11) is 0. The fourth-order valence-corrected chi connectivity index (χ4v) is 1.76. The molecule has 2 rings (SSSR count). The molecule has 0 aliphatic rings. The molecule has 0 atom stereocenters. The number of aromatic amines is 1. The van der Waals surface area contributed by atoms with Crippen molar-refractivity contribution >= 4 is 11.2 Å². The van der Waals surface area contributed by atoms with Gasteiger partial charge in [0.25, 0.3) is 0 Å². The Morgan fingerprint density at radius 1 is 1.31 bits per heavy atom. The number of fused-ring (bicyclic) bond motifs is 1. The van der Waals surface area contributed by atoms with Gasteiger partial charge in [0.2, 0.25) is 0 Å². The highest BCUT2D eigenvalue weighted by molar-refractivity contribution is 5.67. The highest BCUT2D eigenvalue weighted by Gasteiger charge is 2.02. The van der Waals surface area contributed by atoms with E-state index in [0.717, 1.165) is 18.5 Å². The Morgan fingerprint density at radius 3 is 3.00 bits per heavy atom. The van der Waals surface area contributed by atoms with E-state index in [1.165, 1.54) is 19.3 Å². The van der Waals surface area contributed by atoms with Crippen molar-refractivity contribution in [2.24, 2.45) is 0 Å². The summed E-state index contributed by atoms with van der Waals surface area (Å²) < 4.78 is 1.87. The van der Waals surface area contributed by atoms with E-state index in [0.29, 0.717) is 11.1 Å². The van der Waals surface area contributed by atoms with Crippen LogP contribution in [-0.2, 0) is 6.54 Å². The fourth-order valence-electron chi connectivity index (χ4n) is 1.76. The third-order valence-electron chi connectivity index (χ3n) is 2.72. The maximum Gasteiger partial charge on any atom is 0.182 e. The molecule has 0 aliphatic heterocycles. The molecule has 0 spiro atoms. The molecule has 0 saturated carbocycles. The average molecular weight is 219 g/mol. The molecule has 0 fully saturated rings. The van der Waals surface area contributed by atoms with Crippen LogP contribution in [0.4, 0.5) is 0 Å². The molecule has 2 N–H and O–H groups in total. The number of aryl methyl sites for hydroxylation is 1. The third-order valence-corrected chi connectivity index (χ3v) is 2.72. The summed E-state index contributed by atoms with van der Waals surface area (Å²) in [5.74, 6) is 0. The van der Waals surface area contributed by atoms with Gasteiger partial charge in [-0.2, -0.15) is 0 Å². The molecule has 5 nitrogen and oxygen atoms in total. The van der Waals surface area contributed by atoms with Crippen LogP contribution in [0.1, 0.15) is 32.6 Å². The lowest BCUT2D eigenvalue weighted by molar-refractivity contribution is 0.559. The molecular formula is C11H17N5. The fraction of sp³-hybridized carbons (Fsp3) is 0.545. The highest BCUT2D eigenvalue weighted by Crippen LogP contribution is 2.02. The molecule has 0 bridgehead atoms. The predicted molar refractivity (Wildman–Crippen MR) is 61.9 cm³/mol. The lowest BCUT2D eigenvalue weighted by Gasteiger charge is -2.05. The van der Waals surface area contributed by atoms with Gasteiger partial charge in [0, 0.05) is 6.54 Å². The zero-order chi connectivity index (χ0) is 11.4. The van der Waals surface area contributed by atoms with E-state index >= 15 is 0 Å². The van der Waals surface area contributed by atoms with Crippen molar-refractivity contribution < 1.29 is 0 Å². The van der Waals surface area contributed by atoms with Gasteiger partial charge < -0.3 is 9.55 Å². The number of H-pyrrole nitrogens is 1. The zero-order valence-corrected chi connectivity index (χ0v) is 9.53. The standard InChI is InChI=1S/C11H17N5/c1-2-3-4-5-6-16-8-15-11-9(10(16)12)13-7-14-11/h7-8,12H,2-6H2,1H3,(H,13,14). The van der Waals surface area contributed by atoms with Crippen LogP contribution in [0.25, 0.3) is 11.2 Å². The Balaban J connectivity index is 2.12. The number of hydrogen-bond donors (Lipinski definition) is 2. The largest absolute Gasteiger partial charge is 0.340 e. The lowest BCUT2D eigenvalue weighted by Crippen LogP contribution is -2.21. The van der Waals surface area contributed by atoms with Gasteiger partial charge in [0.1, 0.15) is 5.52 Å². The Labute approximate surface area is 94.1 Å². The lowest BCUT2D eigenvalue weighted by atomic mass is 10.2. The summed E-state index contributed by atoms with van der Waals surface area (Å²) in [6, 6.07) is 0. The minimum Gasteiger partial charge on any atom is -0.340 e. The Morgan fingerprint density at radius 2 is 2.19 bits per heavy atom. The molecule has 0 saturated heterocycles. The van der Waals surface area contributed by atoms with Crippen LogP contribution in [0.5, 0.6) is 0 Å². The van der Waals surface area contributed by atoms with Gasteiger partial charge >= 0.3 is 0 Å². The molecule has 5 heteroatoms. The minimum absolute atomic E-state index is 0.471. The highest BCUT2D eigenvalue weighted by atomic mass is 15.1. The van der Waals surface area contributed by atoms with Gasteiger partial charge in [-0.1, -0.05) is 26.2 Å². The maximum atomic E-state index is 7.99. The zero-order valence-electron chi connectivity index (χ0n) is 9.53. The summed E-state index contributed by atoms with van der Waals surface area (Å²) in [6.45, 7) is 3.06. The second kappa shape index (κ2) is 4.92. The summed E-state index contributed by atoms with van der Waals surface area (Å²) >= 11 is 0. The quantitative estimate of drug-likeness (QED) is 0.753. The van der Waals surface area contributed by atoms with Crippen molar-refractivity contribution in [1.29, 1.82) is 5.41 Å². The number of aromatic nitrogens is 4. The first kappa shape index (κ1) is 10.9. The molecular weight excluding hydrogens is 202 g/mol. The van der Waals surface area contributed by atoms with Crippen LogP contribution in [0.3, 0.4) is 0 Å². The van der Waals surface area contributed by atoms with Crippen LogP contribution in [0, 0.1) is 5.41 Å². The molecule has 86 valence electrons. The first-order chi connectivity index (χ1) is 7.83. The summed E-state index contributed by atoms with van der Waals surface area (Å²) in [6.07, 6.45) is 8.09. The number of imidazole rings is 1. The molecule has 0 radical (unpaired) electrons. The van der Waals surface area contributed by atoms with Gasteiger partial charge in [-0.25, -0.2) is 9.97 Å². The molecule has 0 unspecified atom stereocenters. The Bertz CT molecular complexity index is 510. The van der Waals surface area contributed by atoms with Gasteiger partial charge in [0.15, 0.2) is 11.1 Å². The molecule has 0 amide bonds. The monoisotopic (exact) mass is 219 g/mol. The molecule has 16 heavy (non-hydrogen) atoms. The second-order valence-electron chi connectivity index (χ2n) is 3.95. The van der Waals surface area contributed by atoms with Crippen LogP contribution in [0.15, 0.2) is 12.7 Å². The van der Waals surface area contributed by atoms with Gasteiger partial charge in [-0.15, -0.1) is 0 Å². The van der Waals surface area contributed by atoms with Gasteiger partial charge in [-0.3, -0.25) is 5.41 Å². The molecule has 2 heterocycles. The maximum absolute atomic E-state index is 7.99. The Hall–Kier alpha value is -1.65. The van der Waals surface area contributed by atoms with Gasteiger partial charge in [0.05, 0.1) is 12.7 Å². The van der Waals surface area contributed by atoms with Crippen LogP contribution >= 0.6 is 0 Å². The van der Waals surface area contributed by atoms with Crippen molar-refractivity contribution in [3.05, 3.63) is 18.1 Å². The normalized spacial score (nSPS) is 11.1. The van der Waals surface area contributed by atoms with E-state index in [9.17, 15) is 0 Å². The Kier molecular flexibility index (Phi) is 3.34. The number of nitrogens with one attached hydrogen (secondary N) is 2. The van der Waals surface area contributed by atoms with Crippen molar-refractivity contribution in [1.82, 2.24) is 19.5 Å².